The number of rotatable bonds is 6. The highest BCUT2D eigenvalue weighted by atomic mass is 35.5. The molecule has 23 heavy (non-hydrogen) atoms. The third kappa shape index (κ3) is 6.71. The van der Waals surface area contributed by atoms with E-state index in [1.54, 1.807) is 23.3 Å². The number of nitrogens with two attached hydrogens (primary N) is 1. The van der Waals surface area contributed by atoms with Crippen LogP contribution in [0.15, 0.2) is 10.9 Å². The van der Waals surface area contributed by atoms with Crippen molar-refractivity contribution in [2.45, 2.75) is 45.0 Å². The second-order valence-electron chi connectivity index (χ2n) is 5.55. The molecule has 0 saturated heterocycles. The van der Waals surface area contributed by atoms with Crippen molar-refractivity contribution in [1.29, 1.82) is 0 Å². The lowest BCUT2D eigenvalue weighted by atomic mass is 10.0. The maximum atomic E-state index is 12.0. The van der Waals surface area contributed by atoms with Gasteiger partial charge in [0.1, 0.15) is 0 Å². The van der Waals surface area contributed by atoms with E-state index in [0.29, 0.717) is 18.8 Å². The van der Waals surface area contributed by atoms with Crippen molar-refractivity contribution < 1.29 is 4.79 Å². The fourth-order valence-electron chi connectivity index (χ4n) is 1.89. The first kappa shape index (κ1) is 24.5. The maximum Gasteiger partial charge on any atom is 0.348 e. The minimum Gasteiger partial charge on any atom is -0.353 e. The van der Waals surface area contributed by atoms with Crippen LogP contribution in [0.4, 0.5) is 0 Å². The van der Waals surface area contributed by atoms with Crippen molar-refractivity contribution >= 4 is 42.5 Å². The van der Waals surface area contributed by atoms with E-state index in [-0.39, 0.29) is 41.2 Å². The Bertz CT molecular complexity index is 578. The van der Waals surface area contributed by atoms with E-state index >= 15 is 0 Å². The highest BCUT2D eigenvalue weighted by molar-refractivity contribution is 8.00. The van der Waals surface area contributed by atoms with Gasteiger partial charge < -0.3 is 11.1 Å². The summed E-state index contributed by atoms with van der Waals surface area (Å²) in [5, 5.41) is 2.78. The van der Waals surface area contributed by atoms with E-state index in [4.69, 9.17) is 5.73 Å². The van der Waals surface area contributed by atoms with Crippen LogP contribution >= 0.6 is 36.6 Å². The van der Waals surface area contributed by atoms with Crippen molar-refractivity contribution in [3.63, 3.8) is 0 Å². The third-order valence-electron chi connectivity index (χ3n) is 3.54. The average molecular weight is 385 g/mol. The number of amides is 1. The number of aryl methyl sites for hydroxylation is 2. The number of nitrogens with zero attached hydrogens (tertiary/aromatic N) is 2. The summed E-state index contributed by atoms with van der Waals surface area (Å²) in [6.07, 6.45) is 1.92. The Kier molecular flexibility index (Phi) is 10.8. The van der Waals surface area contributed by atoms with E-state index in [1.807, 2.05) is 33.1 Å². The molecule has 0 aliphatic heterocycles. The molecular weight excluding hydrogens is 359 g/mol. The number of carbonyl (C=O) groups excluding carboxylic acids is 1. The first-order valence-corrected chi connectivity index (χ1v) is 8.05. The Balaban J connectivity index is 0. The molecule has 0 radical (unpaired) electrons. The number of halogens is 2. The molecule has 0 unspecified atom stereocenters. The topological polar surface area (TPSA) is 90.0 Å². The van der Waals surface area contributed by atoms with Gasteiger partial charge in [-0.3, -0.25) is 9.36 Å². The molecule has 1 aromatic heterocycles. The van der Waals surface area contributed by atoms with E-state index in [0.717, 1.165) is 5.69 Å². The van der Waals surface area contributed by atoms with Gasteiger partial charge in [0, 0.05) is 29.2 Å². The summed E-state index contributed by atoms with van der Waals surface area (Å²) in [5.74, 6) is -0.208. The van der Waals surface area contributed by atoms with Gasteiger partial charge in [0.05, 0.1) is 6.04 Å². The standard InChI is InChI=1S/C14H24N4O2S.2ClH/c1-9-8-10(2)18(13(20)17-9)7-6-16-12(19)11(15)14(3,4)21-5;;/h8,11H,6-7,15H2,1-5H3,(H,16,19);2*1H/t11-;;/m1../s1. The molecule has 0 saturated carbocycles. The molecule has 0 spiro atoms. The lowest BCUT2D eigenvalue weighted by Crippen LogP contribution is -2.52. The average Bonchev–Trinajstić information content (AvgIpc) is 2.40. The van der Waals surface area contributed by atoms with Crippen LogP contribution in [-0.2, 0) is 11.3 Å². The Morgan fingerprint density at radius 1 is 1.43 bits per heavy atom. The van der Waals surface area contributed by atoms with Crippen LogP contribution in [0.3, 0.4) is 0 Å². The minimum atomic E-state index is -0.596. The number of nitrogens with one attached hydrogen (secondary N) is 1. The highest BCUT2D eigenvalue weighted by Crippen LogP contribution is 2.24. The molecule has 0 aliphatic carbocycles. The second kappa shape index (κ2) is 10.2. The number of hydrogen-bond donors (Lipinski definition) is 2. The molecular formula is C14H26Cl2N4O2S. The predicted octanol–water partition coefficient (Wildman–Crippen LogP) is 1.29. The SMILES string of the molecule is CSC(C)(C)[C@H](N)C(=O)NCCn1c(C)cc(C)nc1=O.Cl.Cl. The summed E-state index contributed by atoms with van der Waals surface area (Å²) in [5.41, 5.74) is 7.18. The first-order chi connectivity index (χ1) is 9.69. The number of thioether (sulfide) groups is 1. The van der Waals surface area contributed by atoms with Crippen LogP contribution in [0.2, 0.25) is 0 Å². The van der Waals surface area contributed by atoms with Crippen LogP contribution in [0.1, 0.15) is 25.2 Å². The number of hydrogen-bond acceptors (Lipinski definition) is 5. The lowest BCUT2D eigenvalue weighted by molar-refractivity contribution is -0.122. The van der Waals surface area contributed by atoms with Gasteiger partial charge in [0.25, 0.3) is 0 Å². The van der Waals surface area contributed by atoms with E-state index in [2.05, 4.69) is 10.3 Å². The smallest absolute Gasteiger partial charge is 0.348 e. The summed E-state index contributed by atoms with van der Waals surface area (Å²) in [6, 6.07) is 1.24. The summed E-state index contributed by atoms with van der Waals surface area (Å²) >= 11 is 1.55. The molecule has 3 N–H and O–H groups in total. The van der Waals surface area contributed by atoms with Gasteiger partial charge in [-0.25, -0.2) is 4.79 Å². The molecule has 1 heterocycles. The van der Waals surface area contributed by atoms with Gasteiger partial charge in [-0.15, -0.1) is 24.8 Å². The molecule has 134 valence electrons. The monoisotopic (exact) mass is 384 g/mol. The van der Waals surface area contributed by atoms with Gasteiger partial charge in [-0.2, -0.15) is 16.7 Å². The third-order valence-corrected chi connectivity index (χ3v) is 4.84. The molecule has 0 aromatic carbocycles. The van der Waals surface area contributed by atoms with Crippen molar-refractivity contribution in [3.05, 3.63) is 27.9 Å². The van der Waals surface area contributed by atoms with Gasteiger partial charge >= 0.3 is 5.69 Å². The highest BCUT2D eigenvalue weighted by Gasteiger charge is 2.30. The summed E-state index contributed by atoms with van der Waals surface area (Å²) in [7, 11) is 0. The fourth-order valence-corrected chi connectivity index (χ4v) is 2.25. The molecule has 0 bridgehead atoms. The van der Waals surface area contributed by atoms with Crippen molar-refractivity contribution in [1.82, 2.24) is 14.9 Å². The molecule has 9 heteroatoms. The van der Waals surface area contributed by atoms with E-state index in [9.17, 15) is 9.59 Å². The van der Waals surface area contributed by atoms with Crippen molar-refractivity contribution in [2.75, 3.05) is 12.8 Å². The molecule has 0 aliphatic rings. The quantitative estimate of drug-likeness (QED) is 0.770. The Morgan fingerprint density at radius 3 is 2.48 bits per heavy atom. The minimum absolute atomic E-state index is 0. The van der Waals surface area contributed by atoms with Gasteiger partial charge in [0.15, 0.2) is 0 Å². The fraction of sp³-hybridized carbons (Fsp3) is 0.643. The van der Waals surface area contributed by atoms with Gasteiger partial charge in [-0.1, -0.05) is 0 Å². The normalized spacial score (nSPS) is 11.9. The second-order valence-corrected chi connectivity index (χ2v) is 7.01. The van der Waals surface area contributed by atoms with Crippen LogP contribution < -0.4 is 16.7 Å². The maximum absolute atomic E-state index is 12.0. The molecule has 1 rings (SSSR count). The Morgan fingerprint density at radius 2 is 2.00 bits per heavy atom. The Hall–Kier alpha value is -0.760. The van der Waals surface area contributed by atoms with Crippen LogP contribution in [0.25, 0.3) is 0 Å². The summed E-state index contributed by atoms with van der Waals surface area (Å²) < 4.78 is 1.21. The zero-order valence-corrected chi connectivity index (χ0v) is 16.5. The molecule has 1 aromatic rings. The molecule has 1 amide bonds. The van der Waals surface area contributed by atoms with E-state index in [1.165, 1.54) is 0 Å². The van der Waals surface area contributed by atoms with Crippen LogP contribution in [-0.4, -0.2) is 39.0 Å². The Labute approximate surface area is 153 Å². The van der Waals surface area contributed by atoms with Crippen molar-refractivity contribution in [3.8, 4) is 0 Å². The number of aromatic nitrogens is 2. The summed E-state index contributed by atoms with van der Waals surface area (Å²) in [6.45, 7) is 8.23. The molecule has 1 atom stereocenters. The van der Waals surface area contributed by atoms with Gasteiger partial charge in [-0.05, 0) is 40.0 Å². The predicted molar refractivity (Wildman–Crippen MR) is 101 cm³/mol. The van der Waals surface area contributed by atoms with Crippen LogP contribution in [0, 0.1) is 13.8 Å². The number of carbonyl (C=O) groups is 1. The largest absolute Gasteiger partial charge is 0.353 e. The lowest BCUT2D eigenvalue weighted by Gasteiger charge is -2.28. The molecule has 6 nitrogen and oxygen atoms in total. The van der Waals surface area contributed by atoms with Crippen molar-refractivity contribution in [2.24, 2.45) is 5.73 Å². The zero-order chi connectivity index (χ0) is 16.2. The summed E-state index contributed by atoms with van der Waals surface area (Å²) in [4.78, 5) is 27.7. The van der Waals surface area contributed by atoms with Crippen LogP contribution in [0.5, 0.6) is 0 Å². The molecule has 0 fully saturated rings. The zero-order valence-electron chi connectivity index (χ0n) is 14.1. The first-order valence-electron chi connectivity index (χ1n) is 6.82. The van der Waals surface area contributed by atoms with Gasteiger partial charge in [0.2, 0.25) is 5.91 Å². The van der Waals surface area contributed by atoms with E-state index < -0.39 is 6.04 Å².